The van der Waals surface area contributed by atoms with E-state index >= 15 is 0 Å². The molecule has 4 nitrogen and oxygen atoms in total. The van der Waals surface area contributed by atoms with Gasteiger partial charge in [-0.1, -0.05) is 61.9 Å². The van der Waals surface area contributed by atoms with E-state index in [2.05, 4.69) is 45.9 Å². The van der Waals surface area contributed by atoms with Crippen molar-refractivity contribution >= 4 is 45.4 Å². The molecule has 33 heavy (non-hydrogen) atoms. The quantitative estimate of drug-likeness (QED) is 0.348. The van der Waals surface area contributed by atoms with Gasteiger partial charge in [-0.3, -0.25) is 9.69 Å². The van der Waals surface area contributed by atoms with Crippen LogP contribution < -0.4 is 4.74 Å². The van der Waals surface area contributed by atoms with E-state index in [1.54, 1.807) is 0 Å². The molecule has 1 aliphatic rings. The number of nitrogens with zero attached hydrogens (tertiary/aromatic N) is 2. The van der Waals surface area contributed by atoms with Crippen molar-refractivity contribution in [3.05, 3.63) is 76.7 Å². The number of benzene rings is 3. The summed E-state index contributed by atoms with van der Waals surface area (Å²) in [4.78, 5) is 20.9. The first-order valence-electron chi connectivity index (χ1n) is 11.5. The average Bonchev–Trinajstić information content (AvgIpc) is 3.13. The van der Waals surface area contributed by atoms with Gasteiger partial charge in [0.2, 0.25) is 0 Å². The van der Waals surface area contributed by atoms with Gasteiger partial charge in [-0.2, -0.15) is 0 Å². The molecule has 0 saturated carbocycles. The van der Waals surface area contributed by atoms with Crippen LogP contribution >= 0.6 is 11.8 Å². The third-order valence-electron chi connectivity index (χ3n) is 5.80. The van der Waals surface area contributed by atoms with Gasteiger partial charge in [-0.05, 0) is 73.5 Å². The highest BCUT2D eigenvalue weighted by Gasteiger charge is 2.36. The fraction of sp³-hybridized carbons (Fsp3) is 0.286. The summed E-state index contributed by atoms with van der Waals surface area (Å²) in [5.41, 5.74) is 2.98. The summed E-state index contributed by atoms with van der Waals surface area (Å²) in [6, 6.07) is 20.4. The highest BCUT2D eigenvalue weighted by atomic mass is 32.2. The Hall–Kier alpha value is -3.05. The lowest BCUT2D eigenvalue weighted by Crippen LogP contribution is -2.36. The molecule has 4 rings (SSSR count). The Morgan fingerprint density at radius 2 is 1.82 bits per heavy atom. The van der Waals surface area contributed by atoms with Gasteiger partial charge in [-0.25, -0.2) is 4.99 Å². The molecule has 1 saturated heterocycles. The molecular formula is C28H30N2O2S. The maximum atomic E-state index is 13.5. The van der Waals surface area contributed by atoms with E-state index in [4.69, 9.17) is 9.73 Å². The molecule has 1 aliphatic heterocycles. The molecule has 3 aromatic rings. The zero-order valence-electron chi connectivity index (χ0n) is 19.7. The Kier molecular flexibility index (Phi) is 7.19. The largest absolute Gasteiger partial charge is 0.493 e. The second-order valence-electron chi connectivity index (χ2n) is 8.32. The molecule has 170 valence electrons. The predicted octanol–water partition coefficient (Wildman–Crippen LogP) is 7.34. The SMILES string of the molecule is CCCOc1ccc2ccccc2c1/C=C1/SC(=Nc2ccc(C)cc2)N([C@@H](C)CC)C1=O. The number of ether oxygens (including phenoxy) is 1. The second kappa shape index (κ2) is 10.3. The van der Waals surface area contributed by atoms with E-state index in [9.17, 15) is 4.79 Å². The Morgan fingerprint density at radius 3 is 2.55 bits per heavy atom. The molecule has 1 fully saturated rings. The van der Waals surface area contributed by atoms with Crippen LogP contribution in [-0.2, 0) is 4.79 Å². The summed E-state index contributed by atoms with van der Waals surface area (Å²) in [7, 11) is 0. The van der Waals surface area contributed by atoms with E-state index < -0.39 is 0 Å². The molecule has 5 heteroatoms. The first-order chi connectivity index (χ1) is 16.0. The number of aliphatic imine (C=N–C) groups is 1. The van der Waals surface area contributed by atoms with Crippen LogP contribution in [0, 0.1) is 6.92 Å². The number of amides is 1. The average molecular weight is 459 g/mol. The van der Waals surface area contributed by atoms with E-state index in [1.807, 2.05) is 53.4 Å². The number of rotatable bonds is 7. The van der Waals surface area contributed by atoms with Crippen LogP contribution in [0.1, 0.15) is 44.7 Å². The maximum absolute atomic E-state index is 13.5. The van der Waals surface area contributed by atoms with Crippen LogP contribution in [-0.4, -0.2) is 28.6 Å². The van der Waals surface area contributed by atoms with Crippen molar-refractivity contribution in [1.82, 2.24) is 4.90 Å². The van der Waals surface area contributed by atoms with Gasteiger partial charge in [0, 0.05) is 11.6 Å². The predicted molar refractivity (Wildman–Crippen MR) is 140 cm³/mol. The smallest absolute Gasteiger partial charge is 0.267 e. The third-order valence-corrected chi connectivity index (χ3v) is 6.78. The molecule has 0 radical (unpaired) electrons. The van der Waals surface area contributed by atoms with Gasteiger partial charge in [0.25, 0.3) is 5.91 Å². The normalized spacial score (nSPS) is 17.3. The lowest BCUT2D eigenvalue weighted by Gasteiger charge is -2.22. The molecule has 1 amide bonds. The van der Waals surface area contributed by atoms with Crippen molar-refractivity contribution in [1.29, 1.82) is 0 Å². The third kappa shape index (κ3) is 4.98. The highest BCUT2D eigenvalue weighted by molar-refractivity contribution is 8.18. The number of fused-ring (bicyclic) bond motifs is 1. The van der Waals surface area contributed by atoms with Crippen molar-refractivity contribution in [2.75, 3.05) is 6.61 Å². The molecule has 0 aliphatic carbocycles. The van der Waals surface area contributed by atoms with E-state index in [1.165, 1.54) is 17.3 Å². The number of hydrogen-bond acceptors (Lipinski definition) is 4. The topological polar surface area (TPSA) is 41.9 Å². The molecule has 1 heterocycles. The van der Waals surface area contributed by atoms with Gasteiger partial charge >= 0.3 is 0 Å². The lowest BCUT2D eigenvalue weighted by molar-refractivity contribution is -0.123. The second-order valence-corrected chi connectivity index (χ2v) is 9.33. The Bertz CT molecular complexity index is 1210. The number of hydrogen-bond donors (Lipinski definition) is 0. The monoisotopic (exact) mass is 458 g/mol. The number of carbonyl (C=O) groups is 1. The van der Waals surface area contributed by atoms with Crippen LogP contribution in [0.25, 0.3) is 16.8 Å². The summed E-state index contributed by atoms with van der Waals surface area (Å²) in [6.07, 6.45) is 3.75. The first kappa shape index (κ1) is 23.1. The van der Waals surface area contributed by atoms with Gasteiger partial charge in [0.1, 0.15) is 5.75 Å². The van der Waals surface area contributed by atoms with Gasteiger partial charge in [0.05, 0.1) is 17.2 Å². The summed E-state index contributed by atoms with van der Waals surface area (Å²) < 4.78 is 6.06. The van der Waals surface area contributed by atoms with Crippen molar-refractivity contribution < 1.29 is 9.53 Å². The Labute approximate surface area is 200 Å². The fourth-order valence-electron chi connectivity index (χ4n) is 3.76. The molecule has 0 bridgehead atoms. The van der Waals surface area contributed by atoms with Crippen molar-refractivity contribution in [3.8, 4) is 5.75 Å². The molecule has 0 unspecified atom stereocenters. The van der Waals surface area contributed by atoms with Gasteiger partial charge < -0.3 is 4.74 Å². The molecule has 1 atom stereocenters. The Balaban J connectivity index is 1.80. The van der Waals surface area contributed by atoms with E-state index in [-0.39, 0.29) is 11.9 Å². The van der Waals surface area contributed by atoms with Crippen LogP contribution in [0.5, 0.6) is 5.75 Å². The molecular weight excluding hydrogens is 428 g/mol. The van der Waals surface area contributed by atoms with E-state index in [0.29, 0.717) is 11.5 Å². The van der Waals surface area contributed by atoms with Crippen molar-refractivity contribution in [2.45, 2.75) is 46.6 Å². The van der Waals surface area contributed by atoms with Gasteiger partial charge in [-0.15, -0.1) is 0 Å². The van der Waals surface area contributed by atoms with Crippen molar-refractivity contribution in [2.24, 2.45) is 4.99 Å². The lowest BCUT2D eigenvalue weighted by atomic mass is 10.0. The fourth-order valence-corrected chi connectivity index (χ4v) is 4.83. The van der Waals surface area contributed by atoms with Crippen molar-refractivity contribution in [3.63, 3.8) is 0 Å². The number of amidine groups is 1. The number of aryl methyl sites for hydroxylation is 1. The number of carbonyl (C=O) groups excluding carboxylic acids is 1. The zero-order chi connectivity index (χ0) is 23.4. The number of thioether (sulfide) groups is 1. The minimum absolute atomic E-state index is 0.00501. The van der Waals surface area contributed by atoms with Crippen LogP contribution in [0.2, 0.25) is 0 Å². The first-order valence-corrected chi connectivity index (χ1v) is 12.4. The molecule has 0 spiro atoms. The summed E-state index contributed by atoms with van der Waals surface area (Å²) in [5.74, 6) is 0.796. The molecule has 0 aromatic heterocycles. The van der Waals surface area contributed by atoms with Gasteiger partial charge in [0.15, 0.2) is 5.17 Å². The highest BCUT2D eigenvalue weighted by Crippen LogP contribution is 2.39. The van der Waals surface area contributed by atoms with Crippen LogP contribution in [0.3, 0.4) is 0 Å². The van der Waals surface area contributed by atoms with Crippen LogP contribution in [0.4, 0.5) is 5.69 Å². The van der Waals surface area contributed by atoms with Crippen LogP contribution in [0.15, 0.2) is 70.6 Å². The maximum Gasteiger partial charge on any atom is 0.267 e. The summed E-state index contributed by atoms with van der Waals surface area (Å²) >= 11 is 1.44. The molecule has 0 N–H and O–H groups in total. The molecule has 3 aromatic carbocycles. The zero-order valence-corrected chi connectivity index (χ0v) is 20.5. The minimum atomic E-state index is -0.00501. The standard InChI is InChI=1S/C28H30N2O2S/c1-5-17-32-25-16-13-21-9-7-8-10-23(21)24(25)18-26-27(31)30(20(4)6-2)28(33-26)29-22-14-11-19(3)12-15-22/h7-16,18,20H,5-6,17H2,1-4H3/b26-18+,29-28?/t20-/m0/s1. The minimum Gasteiger partial charge on any atom is -0.493 e. The summed E-state index contributed by atoms with van der Waals surface area (Å²) in [5, 5.41) is 2.92. The Morgan fingerprint density at radius 1 is 1.06 bits per heavy atom. The van der Waals surface area contributed by atoms with E-state index in [0.717, 1.165) is 45.8 Å². The summed E-state index contributed by atoms with van der Waals surface area (Å²) in [6.45, 7) is 8.94.